The van der Waals surface area contributed by atoms with Crippen LogP contribution in [0.1, 0.15) is 17.4 Å². The molecule has 180 valence electrons. The number of aromatic nitrogens is 2. The standard InChI is InChI=1S/C24H24F3N3O4/c25-19-20(33-14-17-9-5-2-6-10-17)24(22(26)27,15-32-13-16-7-3-1-4-8-16)34-21(19)30-12-11-18(28)29-23(30)31/h1-12,19-22H,13-15H2,(H2,28,29,31)/t19-,20+,21-,24-/m1/s1. The molecule has 3 aromatic rings. The van der Waals surface area contributed by atoms with Gasteiger partial charge in [-0.2, -0.15) is 4.98 Å². The van der Waals surface area contributed by atoms with Gasteiger partial charge in [0, 0.05) is 6.20 Å². The Morgan fingerprint density at radius 1 is 1.03 bits per heavy atom. The lowest BCUT2D eigenvalue weighted by Crippen LogP contribution is -2.53. The fourth-order valence-electron chi connectivity index (χ4n) is 3.86. The van der Waals surface area contributed by atoms with E-state index in [1.54, 1.807) is 54.6 Å². The van der Waals surface area contributed by atoms with E-state index in [2.05, 4.69) is 4.98 Å². The van der Waals surface area contributed by atoms with Crippen molar-refractivity contribution in [2.75, 3.05) is 12.3 Å². The molecule has 2 aromatic carbocycles. The van der Waals surface area contributed by atoms with Crippen molar-refractivity contribution in [1.82, 2.24) is 9.55 Å². The van der Waals surface area contributed by atoms with E-state index in [0.717, 1.165) is 16.3 Å². The molecule has 0 saturated carbocycles. The first-order valence-corrected chi connectivity index (χ1v) is 10.6. The summed E-state index contributed by atoms with van der Waals surface area (Å²) in [6, 6.07) is 18.9. The van der Waals surface area contributed by atoms with Crippen molar-refractivity contribution in [2.45, 2.75) is 43.7 Å². The number of nitrogen functional groups attached to an aromatic ring is 1. The van der Waals surface area contributed by atoms with Crippen molar-refractivity contribution in [1.29, 1.82) is 0 Å². The average Bonchev–Trinajstić information content (AvgIpc) is 3.11. The maximum atomic E-state index is 15.7. The zero-order chi connectivity index (χ0) is 24.1. The molecule has 0 spiro atoms. The highest BCUT2D eigenvalue weighted by Crippen LogP contribution is 2.44. The smallest absolute Gasteiger partial charge is 0.351 e. The quantitative estimate of drug-likeness (QED) is 0.510. The highest BCUT2D eigenvalue weighted by Gasteiger charge is 2.63. The lowest BCUT2D eigenvalue weighted by molar-refractivity contribution is -0.215. The molecule has 1 aliphatic rings. The van der Waals surface area contributed by atoms with Crippen LogP contribution in [0.4, 0.5) is 19.0 Å². The molecule has 0 aliphatic carbocycles. The Morgan fingerprint density at radius 3 is 2.24 bits per heavy atom. The van der Waals surface area contributed by atoms with Gasteiger partial charge in [0.25, 0.3) is 6.43 Å². The summed E-state index contributed by atoms with van der Waals surface area (Å²) in [4.78, 5) is 15.8. The van der Waals surface area contributed by atoms with Gasteiger partial charge in [0.05, 0.1) is 19.8 Å². The highest BCUT2D eigenvalue weighted by atomic mass is 19.3. The Balaban J connectivity index is 1.62. The number of halogens is 3. The van der Waals surface area contributed by atoms with Gasteiger partial charge in [-0.3, -0.25) is 4.57 Å². The van der Waals surface area contributed by atoms with Gasteiger partial charge in [-0.05, 0) is 17.2 Å². The predicted octanol–water partition coefficient (Wildman–Crippen LogP) is 3.50. The Bertz CT molecular complexity index is 1130. The third kappa shape index (κ3) is 4.98. The summed E-state index contributed by atoms with van der Waals surface area (Å²) in [7, 11) is 0. The number of hydrogen-bond acceptors (Lipinski definition) is 6. The van der Waals surface area contributed by atoms with Crippen molar-refractivity contribution in [2.24, 2.45) is 0 Å². The summed E-state index contributed by atoms with van der Waals surface area (Å²) < 4.78 is 62.4. The van der Waals surface area contributed by atoms with E-state index in [1.165, 1.54) is 6.07 Å². The number of rotatable bonds is 9. The fourth-order valence-corrected chi connectivity index (χ4v) is 3.86. The van der Waals surface area contributed by atoms with E-state index >= 15 is 4.39 Å². The molecule has 0 bridgehead atoms. The van der Waals surface area contributed by atoms with Gasteiger partial charge in [0.2, 0.25) is 0 Å². The summed E-state index contributed by atoms with van der Waals surface area (Å²) in [5, 5.41) is 0. The van der Waals surface area contributed by atoms with Gasteiger partial charge in [-0.1, -0.05) is 60.7 Å². The molecular formula is C24H24F3N3O4. The minimum Gasteiger partial charge on any atom is -0.383 e. The number of alkyl halides is 3. The molecular weight excluding hydrogens is 451 g/mol. The topological polar surface area (TPSA) is 88.6 Å². The minimum absolute atomic E-state index is 0.00900. The SMILES string of the molecule is Nc1ccn([C@@H]2O[C@@](COCc3ccccc3)(C(F)F)[C@@H](OCc3ccccc3)[C@H]2F)c(=O)n1. The predicted molar refractivity (Wildman–Crippen MR) is 118 cm³/mol. The molecule has 2 heterocycles. The van der Waals surface area contributed by atoms with Crippen LogP contribution in [0.25, 0.3) is 0 Å². The number of nitrogens with two attached hydrogens (primary N) is 1. The Kier molecular flexibility index (Phi) is 7.30. The van der Waals surface area contributed by atoms with Crippen molar-refractivity contribution in [3.8, 4) is 0 Å². The molecule has 10 heteroatoms. The molecule has 34 heavy (non-hydrogen) atoms. The summed E-state index contributed by atoms with van der Waals surface area (Å²) in [5.74, 6) is -0.0853. The van der Waals surface area contributed by atoms with Crippen LogP contribution < -0.4 is 11.4 Å². The van der Waals surface area contributed by atoms with Crippen LogP contribution in [0.2, 0.25) is 0 Å². The van der Waals surface area contributed by atoms with Gasteiger partial charge in [-0.25, -0.2) is 18.0 Å². The number of nitrogens with zero attached hydrogens (tertiary/aromatic N) is 2. The maximum absolute atomic E-state index is 15.7. The Labute approximate surface area is 193 Å². The molecule has 0 amide bonds. The summed E-state index contributed by atoms with van der Waals surface area (Å²) in [5.41, 5.74) is 3.52. The number of benzene rings is 2. The van der Waals surface area contributed by atoms with Crippen LogP contribution in [-0.2, 0) is 27.4 Å². The fraction of sp³-hybridized carbons (Fsp3) is 0.333. The second-order valence-corrected chi connectivity index (χ2v) is 7.95. The van der Waals surface area contributed by atoms with Crippen molar-refractivity contribution in [3.63, 3.8) is 0 Å². The van der Waals surface area contributed by atoms with E-state index < -0.39 is 42.8 Å². The first-order valence-electron chi connectivity index (χ1n) is 10.6. The van der Waals surface area contributed by atoms with Gasteiger partial charge in [0.1, 0.15) is 11.9 Å². The zero-order valence-electron chi connectivity index (χ0n) is 18.1. The normalized spacial score (nSPS) is 24.5. The lowest BCUT2D eigenvalue weighted by Gasteiger charge is -2.33. The van der Waals surface area contributed by atoms with Crippen molar-refractivity contribution < 1.29 is 27.4 Å². The van der Waals surface area contributed by atoms with Gasteiger partial charge in [-0.15, -0.1) is 0 Å². The third-order valence-corrected chi connectivity index (χ3v) is 5.59. The van der Waals surface area contributed by atoms with Crippen LogP contribution in [0, 0.1) is 0 Å². The molecule has 0 unspecified atom stereocenters. The van der Waals surface area contributed by atoms with E-state index in [4.69, 9.17) is 19.9 Å². The number of anilines is 1. The summed E-state index contributed by atoms with van der Waals surface area (Å²) >= 11 is 0. The first kappa shape index (κ1) is 23.9. The number of hydrogen-bond donors (Lipinski definition) is 1. The molecule has 0 radical (unpaired) electrons. The monoisotopic (exact) mass is 475 g/mol. The van der Waals surface area contributed by atoms with E-state index in [0.29, 0.717) is 5.56 Å². The molecule has 2 N–H and O–H groups in total. The van der Waals surface area contributed by atoms with Crippen LogP contribution >= 0.6 is 0 Å². The molecule has 1 aromatic heterocycles. The first-order chi connectivity index (χ1) is 16.4. The van der Waals surface area contributed by atoms with Crippen molar-refractivity contribution >= 4 is 5.82 Å². The summed E-state index contributed by atoms with van der Waals surface area (Å²) in [6.45, 7) is -0.786. The zero-order valence-corrected chi connectivity index (χ0v) is 18.1. The molecule has 7 nitrogen and oxygen atoms in total. The Morgan fingerprint density at radius 2 is 1.65 bits per heavy atom. The van der Waals surface area contributed by atoms with Gasteiger partial charge >= 0.3 is 5.69 Å². The molecule has 4 atom stereocenters. The highest BCUT2D eigenvalue weighted by molar-refractivity contribution is 5.24. The van der Waals surface area contributed by atoms with E-state index in [-0.39, 0.29) is 19.0 Å². The van der Waals surface area contributed by atoms with Crippen LogP contribution in [0.5, 0.6) is 0 Å². The largest absolute Gasteiger partial charge is 0.383 e. The molecule has 4 rings (SSSR count). The van der Waals surface area contributed by atoms with Gasteiger partial charge in [0.15, 0.2) is 18.0 Å². The number of ether oxygens (including phenoxy) is 3. The lowest BCUT2D eigenvalue weighted by atomic mass is 9.96. The second kappa shape index (κ2) is 10.4. The molecule has 1 aliphatic heterocycles. The van der Waals surface area contributed by atoms with Crippen LogP contribution in [0.15, 0.2) is 77.7 Å². The molecule has 1 fully saturated rings. The third-order valence-electron chi connectivity index (χ3n) is 5.59. The minimum atomic E-state index is -3.18. The Hall–Kier alpha value is -3.21. The molecule has 1 saturated heterocycles. The second-order valence-electron chi connectivity index (χ2n) is 7.95. The summed E-state index contributed by atoms with van der Waals surface area (Å²) in [6.07, 6.45) is -7.55. The average molecular weight is 475 g/mol. The van der Waals surface area contributed by atoms with Crippen LogP contribution in [0.3, 0.4) is 0 Å². The van der Waals surface area contributed by atoms with Crippen molar-refractivity contribution in [3.05, 3.63) is 94.5 Å². The van der Waals surface area contributed by atoms with E-state index in [9.17, 15) is 13.6 Å². The maximum Gasteiger partial charge on any atom is 0.351 e. The van der Waals surface area contributed by atoms with Gasteiger partial charge < -0.3 is 19.9 Å². The van der Waals surface area contributed by atoms with E-state index in [1.807, 2.05) is 6.07 Å². The van der Waals surface area contributed by atoms with Crippen LogP contribution in [-0.4, -0.2) is 40.5 Å².